The van der Waals surface area contributed by atoms with Crippen LogP contribution in [0.2, 0.25) is 0 Å². The lowest BCUT2D eigenvalue weighted by atomic mass is 10.1. The Bertz CT molecular complexity index is 3580. The fourth-order valence-corrected chi connectivity index (χ4v) is 11.8. The van der Waals surface area contributed by atoms with Gasteiger partial charge >= 0.3 is 0 Å². The zero-order valence-electron chi connectivity index (χ0n) is 31.7. The summed E-state index contributed by atoms with van der Waals surface area (Å²) in [7, 11) is 0. The Labute approximate surface area is 347 Å². The number of benzene rings is 9. The molecule has 0 N–H and O–H groups in total. The highest BCUT2D eigenvalue weighted by molar-refractivity contribution is 7.26. The predicted molar refractivity (Wildman–Crippen MR) is 256 cm³/mol. The van der Waals surface area contributed by atoms with E-state index in [-0.39, 0.29) is 0 Å². The van der Waals surface area contributed by atoms with Crippen molar-refractivity contribution in [3.05, 3.63) is 200 Å². The zero-order chi connectivity index (χ0) is 38.6. The Morgan fingerprint density at radius 1 is 0.305 bits per heavy atom. The second-order valence-electron chi connectivity index (χ2n) is 15.3. The largest absolute Gasteiger partial charge is 0.309 e. The van der Waals surface area contributed by atoms with Crippen molar-refractivity contribution in [3.63, 3.8) is 0 Å². The maximum absolute atomic E-state index is 2.49. The molecule has 5 heteroatoms. The van der Waals surface area contributed by atoms with Crippen LogP contribution >= 0.6 is 22.7 Å². The van der Waals surface area contributed by atoms with Crippen LogP contribution in [0.15, 0.2) is 200 Å². The number of thiophene rings is 2. The number of hydrogen-bond donors (Lipinski definition) is 0. The third-order valence-electron chi connectivity index (χ3n) is 12.1. The molecule has 59 heavy (non-hydrogen) atoms. The van der Waals surface area contributed by atoms with Gasteiger partial charge in [0.2, 0.25) is 0 Å². The van der Waals surface area contributed by atoms with Gasteiger partial charge in [-0.1, -0.05) is 103 Å². The maximum Gasteiger partial charge on any atom is 0.0562 e. The molecule has 0 bridgehead atoms. The summed E-state index contributed by atoms with van der Waals surface area (Å²) in [5.74, 6) is 0. The minimum absolute atomic E-state index is 1.11. The Morgan fingerprint density at radius 3 is 1.22 bits per heavy atom. The number of anilines is 3. The molecule has 9 aromatic carbocycles. The first-order chi connectivity index (χ1) is 29.3. The minimum Gasteiger partial charge on any atom is -0.309 e. The molecule has 4 aromatic heterocycles. The van der Waals surface area contributed by atoms with E-state index >= 15 is 0 Å². The Morgan fingerprint density at radius 2 is 0.712 bits per heavy atom. The molecule has 13 rings (SSSR count). The van der Waals surface area contributed by atoms with Crippen molar-refractivity contribution in [2.45, 2.75) is 0 Å². The van der Waals surface area contributed by atoms with Gasteiger partial charge in [-0.05, 0) is 97.1 Å². The summed E-state index contributed by atoms with van der Waals surface area (Å²) < 4.78 is 10.2. The van der Waals surface area contributed by atoms with E-state index in [1.807, 2.05) is 22.7 Å². The Balaban J connectivity index is 1.09. The molecule has 0 aliphatic heterocycles. The second kappa shape index (κ2) is 12.7. The normalized spacial score (nSPS) is 12.1. The van der Waals surface area contributed by atoms with Gasteiger partial charge in [-0.25, -0.2) is 0 Å². The van der Waals surface area contributed by atoms with Crippen LogP contribution in [0.4, 0.5) is 17.1 Å². The van der Waals surface area contributed by atoms with Gasteiger partial charge in [0.1, 0.15) is 0 Å². The van der Waals surface area contributed by atoms with Crippen LogP contribution in [-0.4, -0.2) is 9.13 Å². The molecule has 0 saturated carbocycles. The van der Waals surface area contributed by atoms with Crippen LogP contribution in [0.5, 0.6) is 0 Å². The van der Waals surface area contributed by atoms with Crippen molar-refractivity contribution in [1.82, 2.24) is 9.13 Å². The molecule has 4 heterocycles. The van der Waals surface area contributed by atoms with Crippen molar-refractivity contribution in [1.29, 1.82) is 0 Å². The summed E-state index contributed by atoms with van der Waals surface area (Å²) in [4.78, 5) is 2.49. The molecule has 0 atom stereocenters. The fraction of sp³-hybridized carbons (Fsp3) is 0. The van der Waals surface area contributed by atoms with E-state index in [1.54, 1.807) is 0 Å². The molecule has 0 unspecified atom stereocenters. The van der Waals surface area contributed by atoms with Crippen molar-refractivity contribution >= 4 is 124 Å². The van der Waals surface area contributed by atoms with Crippen molar-refractivity contribution in [2.24, 2.45) is 0 Å². The third kappa shape index (κ3) is 4.80. The van der Waals surface area contributed by atoms with Crippen LogP contribution in [-0.2, 0) is 0 Å². The molecule has 0 fully saturated rings. The highest BCUT2D eigenvalue weighted by Gasteiger charge is 2.25. The molecular weight excluding hydrogens is 755 g/mol. The highest BCUT2D eigenvalue weighted by atomic mass is 32.1. The third-order valence-corrected chi connectivity index (χ3v) is 14.4. The van der Waals surface area contributed by atoms with Gasteiger partial charge in [0.15, 0.2) is 0 Å². The van der Waals surface area contributed by atoms with Crippen LogP contribution in [0.1, 0.15) is 0 Å². The first-order valence-electron chi connectivity index (χ1n) is 20.0. The van der Waals surface area contributed by atoms with Gasteiger partial charge in [0.05, 0.1) is 33.4 Å². The molecule has 0 amide bonds. The molecule has 13 aromatic rings. The summed E-state index contributed by atoms with van der Waals surface area (Å²) >= 11 is 3.72. The van der Waals surface area contributed by atoms with E-state index in [0.717, 1.165) is 28.4 Å². The van der Waals surface area contributed by atoms with Crippen LogP contribution in [0, 0.1) is 0 Å². The van der Waals surface area contributed by atoms with E-state index in [0.29, 0.717) is 0 Å². The Hall–Kier alpha value is -7.18. The van der Waals surface area contributed by atoms with Crippen LogP contribution in [0.25, 0.3) is 95.3 Å². The quantitative estimate of drug-likeness (QED) is 0.169. The summed E-state index contributed by atoms with van der Waals surface area (Å²) in [6, 6.07) is 73.7. The van der Waals surface area contributed by atoms with E-state index < -0.39 is 0 Å². The van der Waals surface area contributed by atoms with Gasteiger partial charge in [-0.3, -0.25) is 0 Å². The topological polar surface area (TPSA) is 13.1 Å². The second-order valence-corrected chi connectivity index (χ2v) is 17.4. The Kier molecular flexibility index (Phi) is 7.05. The average molecular weight is 788 g/mol. The monoisotopic (exact) mass is 787 g/mol. The number of para-hydroxylation sites is 3. The van der Waals surface area contributed by atoms with Crippen LogP contribution in [0.3, 0.4) is 0 Å². The first kappa shape index (κ1) is 32.9. The van der Waals surface area contributed by atoms with E-state index in [1.165, 1.54) is 84.0 Å². The van der Waals surface area contributed by atoms with E-state index in [9.17, 15) is 0 Å². The summed E-state index contributed by atoms with van der Waals surface area (Å²) in [6.45, 7) is 0. The fourth-order valence-electron chi connectivity index (χ4n) is 9.62. The van der Waals surface area contributed by atoms with Gasteiger partial charge in [-0.2, -0.15) is 0 Å². The molecule has 0 aliphatic carbocycles. The van der Waals surface area contributed by atoms with Gasteiger partial charge in [-0.15, -0.1) is 22.7 Å². The maximum atomic E-state index is 2.49. The molecule has 0 saturated heterocycles. The molecule has 276 valence electrons. The smallest absolute Gasteiger partial charge is 0.0562 e. The lowest BCUT2D eigenvalue weighted by Crippen LogP contribution is -2.11. The number of aromatic nitrogens is 2. The van der Waals surface area contributed by atoms with Crippen molar-refractivity contribution < 1.29 is 0 Å². The lowest BCUT2D eigenvalue weighted by molar-refractivity contribution is 1.18. The van der Waals surface area contributed by atoms with Gasteiger partial charge in [0.25, 0.3) is 0 Å². The number of nitrogens with zero attached hydrogens (tertiary/aromatic N) is 3. The van der Waals surface area contributed by atoms with E-state index in [2.05, 4.69) is 214 Å². The summed E-state index contributed by atoms with van der Waals surface area (Å²) in [6.07, 6.45) is 0. The van der Waals surface area contributed by atoms with Crippen LogP contribution < -0.4 is 4.90 Å². The standard InChI is InChI=1S/C54H33N3S2/c1-2-14-34(15-3-1)55(45-22-12-24-47-53(45)39-18-4-8-20-43(39)56(47)35-28-30-51-41(32-35)37-16-6-10-26-49(37)58-51)46-23-13-25-48-54(46)40-19-5-9-21-44(40)57(48)36-29-31-52-42(33-36)38-17-7-11-27-50(38)59-52/h1-33H. The predicted octanol–water partition coefficient (Wildman–Crippen LogP) is 16.1. The summed E-state index contributed by atoms with van der Waals surface area (Å²) in [5.41, 5.74) is 10.4. The molecule has 3 nitrogen and oxygen atoms in total. The number of fused-ring (bicyclic) bond motifs is 12. The summed E-state index contributed by atoms with van der Waals surface area (Å²) in [5, 5.41) is 10.1. The molecule has 0 spiro atoms. The number of hydrogen-bond acceptors (Lipinski definition) is 3. The molecular formula is C54H33N3S2. The molecule has 0 aliphatic rings. The van der Waals surface area contributed by atoms with Crippen molar-refractivity contribution in [2.75, 3.05) is 4.90 Å². The highest BCUT2D eigenvalue weighted by Crippen LogP contribution is 2.48. The van der Waals surface area contributed by atoms with E-state index in [4.69, 9.17) is 0 Å². The SMILES string of the molecule is c1ccc(N(c2cccc3c2c2ccccc2n3-c2ccc3sc4ccccc4c3c2)c2cccc3c2c2ccccc2n3-c2ccc3sc4ccccc4c3c2)cc1. The minimum atomic E-state index is 1.11. The molecule has 0 radical (unpaired) electrons. The van der Waals surface area contributed by atoms with Gasteiger partial charge in [0, 0.05) is 79.0 Å². The zero-order valence-corrected chi connectivity index (χ0v) is 33.3. The lowest BCUT2D eigenvalue weighted by Gasteiger charge is -2.27. The first-order valence-corrected chi connectivity index (χ1v) is 21.6. The van der Waals surface area contributed by atoms with Gasteiger partial charge < -0.3 is 14.0 Å². The number of rotatable bonds is 5. The van der Waals surface area contributed by atoms with Crippen molar-refractivity contribution in [3.8, 4) is 11.4 Å². The average Bonchev–Trinajstić information content (AvgIpc) is 4.04.